The summed E-state index contributed by atoms with van der Waals surface area (Å²) in [5.74, 6) is 1.01. The largest absolute Gasteiger partial charge is 0.319 e. The zero-order valence-electron chi connectivity index (χ0n) is 11.0. The van der Waals surface area contributed by atoms with Crippen LogP contribution in [0.15, 0.2) is 24.3 Å². The zero-order chi connectivity index (χ0) is 12.7. The van der Waals surface area contributed by atoms with E-state index in [-0.39, 0.29) is 12.1 Å². The minimum Gasteiger partial charge on any atom is -0.319 e. The van der Waals surface area contributed by atoms with Gasteiger partial charge in [-0.05, 0) is 36.8 Å². The average Bonchev–Trinajstić information content (AvgIpc) is 2.68. The number of hydrogen-bond acceptors (Lipinski definition) is 2. The van der Waals surface area contributed by atoms with E-state index in [2.05, 4.69) is 36.2 Å². The maximum absolute atomic E-state index is 12.1. The molecule has 1 aromatic rings. The van der Waals surface area contributed by atoms with Gasteiger partial charge in [0.05, 0.1) is 6.54 Å². The Morgan fingerprint density at radius 2 is 2.00 bits per heavy atom. The summed E-state index contributed by atoms with van der Waals surface area (Å²) in [5, 5.41) is 3.35. The highest BCUT2D eigenvalue weighted by Gasteiger charge is 2.41. The number of carbonyl (C=O) groups is 1. The fraction of sp³-hybridized carbons (Fsp3) is 0.533. The first kappa shape index (κ1) is 11.7. The molecule has 2 fully saturated rings. The fourth-order valence-electron chi connectivity index (χ4n) is 3.17. The van der Waals surface area contributed by atoms with Crippen LogP contribution in [0.2, 0.25) is 0 Å². The van der Waals surface area contributed by atoms with E-state index in [0.29, 0.717) is 12.6 Å². The van der Waals surface area contributed by atoms with Gasteiger partial charge in [0.25, 0.3) is 0 Å². The molecule has 1 aliphatic heterocycles. The third kappa shape index (κ3) is 1.83. The van der Waals surface area contributed by atoms with Gasteiger partial charge in [-0.15, -0.1) is 0 Å². The van der Waals surface area contributed by atoms with Gasteiger partial charge in [0.2, 0.25) is 5.91 Å². The molecule has 1 atom stereocenters. The van der Waals surface area contributed by atoms with Gasteiger partial charge in [0, 0.05) is 6.04 Å². The highest BCUT2D eigenvalue weighted by molar-refractivity contribution is 5.81. The fourth-order valence-corrected chi connectivity index (χ4v) is 3.17. The lowest BCUT2D eigenvalue weighted by Gasteiger charge is -2.42. The molecular weight excluding hydrogens is 224 g/mol. The number of aryl methyl sites for hydroxylation is 1. The van der Waals surface area contributed by atoms with E-state index in [0.717, 1.165) is 18.8 Å². The first-order chi connectivity index (χ1) is 8.66. The van der Waals surface area contributed by atoms with Gasteiger partial charge in [-0.2, -0.15) is 0 Å². The standard InChI is InChI=1S/C15H20N2O/c1-10-7-12(8-10)17-14(18)9-16-15(17)13-6-4-3-5-11(13)2/h3-6,10,12,15-16H,7-9H2,1-2H3. The Balaban J connectivity index is 1.87. The predicted octanol–water partition coefficient (Wildman–Crippen LogP) is 2.22. The average molecular weight is 244 g/mol. The lowest BCUT2D eigenvalue weighted by molar-refractivity contribution is -0.133. The molecule has 1 heterocycles. The maximum atomic E-state index is 12.1. The molecule has 1 aromatic carbocycles. The Morgan fingerprint density at radius 1 is 1.28 bits per heavy atom. The summed E-state index contributed by atoms with van der Waals surface area (Å²) in [6.45, 7) is 4.85. The second kappa shape index (κ2) is 4.39. The summed E-state index contributed by atoms with van der Waals surface area (Å²) in [4.78, 5) is 14.1. The van der Waals surface area contributed by atoms with Crippen LogP contribution in [0, 0.1) is 12.8 Å². The molecule has 3 heteroatoms. The normalized spacial score (nSPS) is 31.6. The summed E-state index contributed by atoms with van der Waals surface area (Å²) in [5.41, 5.74) is 2.49. The number of carbonyl (C=O) groups excluding carboxylic acids is 1. The van der Waals surface area contributed by atoms with Crippen molar-refractivity contribution in [3.05, 3.63) is 35.4 Å². The monoisotopic (exact) mass is 244 g/mol. The Morgan fingerprint density at radius 3 is 2.67 bits per heavy atom. The zero-order valence-corrected chi connectivity index (χ0v) is 11.0. The third-order valence-electron chi connectivity index (χ3n) is 4.24. The molecule has 1 N–H and O–H groups in total. The van der Waals surface area contributed by atoms with E-state index in [1.165, 1.54) is 11.1 Å². The van der Waals surface area contributed by atoms with Gasteiger partial charge in [-0.1, -0.05) is 31.2 Å². The third-order valence-corrected chi connectivity index (χ3v) is 4.24. The van der Waals surface area contributed by atoms with Crippen LogP contribution in [0.4, 0.5) is 0 Å². The minimum atomic E-state index is 0.0798. The second-order valence-corrected chi connectivity index (χ2v) is 5.67. The van der Waals surface area contributed by atoms with Crippen molar-refractivity contribution in [2.75, 3.05) is 6.54 Å². The lowest BCUT2D eigenvalue weighted by Crippen LogP contribution is -2.46. The van der Waals surface area contributed by atoms with Crippen LogP contribution >= 0.6 is 0 Å². The van der Waals surface area contributed by atoms with Crippen molar-refractivity contribution in [3.63, 3.8) is 0 Å². The molecule has 3 nitrogen and oxygen atoms in total. The maximum Gasteiger partial charge on any atom is 0.238 e. The molecule has 0 spiro atoms. The van der Waals surface area contributed by atoms with Crippen molar-refractivity contribution in [1.82, 2.24) is 10.2 Å². The molecule has 0 bridgehead atoms. The number of rotatable bonds is 2. The predicted molar refractivity (Wildman–Crippen MR) is 71.0 cm³/mol. The van der Waals surface area contributed by atoms with E-state index in [9.17, 15) is 4.79 Å². The molecule has 96 valence electrons. The molecular formula is C15H20N2O. The summed E-state index contributed by atoms with van der Waals surface area (Å²) in [6, 6.07) is 8.77. The molecule has 1 aliphatic carbocycles. The van der Waals surface area contributed by atoms with Crippen LogP contribution in [0.5, 0.6) is 0 Å². The van der Waals surface area contributed by atoms with E-state index in [4.69, 9.17) is 0 Å². The van der Waals surface area contributed by atoms with E-state index in [1.807, 2.05) is 12.1 Å². The van der Waals surface area contributed by atoms with Gasteiger partial charge >= 0.3 is 0 Å². The molecule has 0 radical (unpaired) electrons. The molecule has 0 aromatic heterocycles. The molecule has 3 rings (SSSR count). The van der Waals surface area contributed by atoms with Crippen LogP contribution in [0.1, 0.15) is 37.1 Å². The van der Waals surface area contributed by atoms with Gasteiger partial charge in [-0.3, -0.25) is 10.1 Å². The van der Waals surface area contributed by atoms with Gasteiger partial charge < -0.3 is 4.90 Å². The van der Waals surface area contributed by atoms with Crippen LogP contribution in [0.3, 0.4) is 0 Å². The van der Waals surface area contributed by atoms with Crippen LogP contribution in [-0.2, 0) is 4.79 Å². The highest BCUT2D eigenvalue weighted by atomic mass is 16.2. The summed E-state index contributed by atoms with van der Waals surface area (Å²) < 4.78 is 0. The van der Waals surface area contributed by atoms with E-state index >= 15 is 0 Å². The SMILES string of the molecule is Cc1ccccc1C1NCC(=O)N1C1CC(C)C1. The van der Waals surface area contributed by atoms with Crippen molar-refractivity contribution in [1.29, 1.82) is 0 Å². The Hall–Kier alpha value is -1.35. The van der Waals surface area contributed by atoms with Gasteiger partial charge in [-0.25, -0.2) is 0 Å². The summed E-state index contributed by atoms with van der Waals surface area (Å²) in [6.07, 6.45) is 2.38. The number of amides is 1. The van der Waals surface area contributed by atoms with E-state index < -0.39 is 0 Å². The van der Waals surface area contributed by atoms with Gasteiger partial charge in [0.1, 0.15) is 6.17 Å². The van der Waals surface area contributed by atoms with Crippen molar-refractivity contribution in [2.24, 2.45) is 5.92 Å². The molecule has 1 unspecified atom stereocenters. The van der Waals surface area contributed by atoms with Gasteiger partial charge in [0.15, 0.2) is 0 Å². The number of nitrogens with zero attached hydrogens (tertiary/aromatic N) is 1. The molecule has 1 amide bonds. The Kier molecular flexibility index (Phi) is 2.86. The first-order valence-electron chi connectivity index (χ1n) is 6.77. The second-order valence-electron chi connectivity index (χ2n) is 5.67. The Labute approximate surface area is 108 Å². The molecule has 18 heavy (non-hydrogen) atoms. The minimum absolute atomic E-state index is 0.0798. The van der Waals surface area contributed by atoms with E-state index in [1.54, 1.807) is 0 Å². The quantitative estimate of drug-likeness (QED) is 0.865. The van der Waals surface area contributed by atoms with Crippen molar-refractivity contribution in [2.45, 2.75) is 38.9 Å². The smallest absolute Gasteiger partial charge is 0.238 e. The molecule has 2 aliphatic rings. The first-order valence-corrected chi connectivity index (χ1v) is 6.77. The van der Waals surface area contributed by atoms with Crippen molar-refractivity contribution in [3.8, 4) is 0 Å². The summed E-state index contributed by atoms with van der Waals surface area (Å²) >= 11 is 0. The lowest BCUT2D eigenvalue weighted by atomic mass is 9.80. The molecule has 1 saturated carbocycles. The van der Waals surface area contributed by atoms with Crippen LogP contribution in [-0.4, -0.2) is 23.4 Å². The highest BCUT2D eigenvalue weighted by Crippen LogP contribution is 2.37. The van der Waals surface area contributed by atoms with Crippen LogP contribution in [0.25, 0.3) is 0 Å². The Bertz CT molecular complexity index is 465. The number of benzene rings is 1. The summed E-state index contributed by atoms with van der Waals surface area (Å²) in [7, 11) is 0. The van der Waals surface area contributed by atoms with Crippen LogP contribution < -0.4 is 5.32 Å². The number of hydrogen-bond donors (Lipinski definition) is 1. The topological polar surface area (TPSA) is 32.3 Å². The molecule has 1 saturated heterocycles. The van der Waals surface area contributed by atoms with Crippen molar-refractivity contribution >= 4 is 5.91 Å². The van der Waals surface area contributed by atoms with Crippen molar-refractivity contribution < 1.29 is 4.79 Å². The number of nitrogens with one attached hydrogen (secondary N) is 1.